The molecule has 0 fully saturated rings. The first-order valence-corrected chi connectivity index (χ1v) is 5.59. The van der Waals surface area contributed by atoms with Crippen molar-refractivity contribution in [3.8, 4) is 0 Å². The van der Waals surface area contributed by atoms with Crippen molar-refractivity contribution in [1.82, 2.24) is 4.98 Å². The Morgan fingerprint density at radius 3 is 2.67 bits per heavy atom. The van der Waals surface area contributed by atoms with Crippen molar-refractivity contribution < 1.29 is 0 Å². The standard InChI is InChI=1S/C11H13N3S/c1-14(8-11-13-6-7-15-11)10-4-2-9(12)3-5-10/h2-7H,8,12H2,1H3. The van der Waals surface area contributed by atoms with Crippen molar-refractivity contribution in [2.75, 3.05) is 17.7 Å². The number of rotatable bonds is 3. The quantitative estimate of drug-likeness (QED) is 0.806. The van der Waals surface area contributed by atoms with Crippen LogP contribution in [-0.2, 0) is 6.54 Å². The van der Waals surface area contributed by atoms with E-state index >= 15 is 0 Å². The van der Waals surface area contributed by atoms with Crippen LogP contribution in [0.2, 0.25) is 0 Å². The Labute approximate surface area is 93.2 Å². The van der Waals surface area contributed by atoms with E-state index < -0.39 is 0 Å². The molecule has 2 aromatic rings. The summed E-state index contributed by atoms with van der Waals surface area (Å²) in [7, 11) is 2.05. The van der Waals surface area contributed by atoms with Gasteiger partial charge in [-0.3, -0.25) is 0 Å². The molecule has 0 atom stereocenters. The second kappa shape index (κ2) is 4.31. The van der Waals surface area contributed by atoms with Crippen LogP contribution >= 0.6 is 11.3 Å². The van der Waals surface area contributed by atoms with Crippen LogP contribution in [0, 0.1) is 0 Å². The SMILES string of the molecule is CN(Cc1nccs1)c1ccc(N)cc1. The fraction of sp³-hybridized carbons (Fsp3) is 0.182. The van der Waals surface area contributed by atoms with Gasteiger partial charge in [0.25, 0.3) is 0 Å². The molecule has 0 aliphatic rings. The maximum absolute atomic E-state index is 5.63. The zero-order chi connectivity index (χ0) is 10.7. The van der Waals surface area contributed by atoms with Gasteiger partial charge in [0.15, 0.2) is 0 Å². The third kappa shape index (κ3) is 2.47. The Bertz CT molecular complexity index is 408. The van der Waals surface area contributed by atoms with E-state index in [9.17, 15) is 0 Å². The highest BCUT2D eigenvalue weighted by atomic mass is 32.1. The van der Waals surface area contributed by atoms with Gasteiger partial charge >= 0.3 is 0 Å². The first-order valence-electron chi connectivity index (χ1n) is 4.71. The van der Waals surface area contributed by atoms with Gasteiger partial charge in [0.1, 0.15) is 5.01 Å². The van der Waals surface area contributed by atoms with Gasteiger partial charge in [-0.15, -0.1) is 11.3 Å². The predicted molar refractivity (Wildman–Crippen MR) is 65.1 cm³/mol. The van der Waals surface area contributed by atoms with Crippen LogP contribution in [0.15, 0.2) is 35.8 Å². The summed E-state index contributed by atoms with van der Waals surface area (Å²) in [5, 5.41) is 3.11. The Kier molecular flexibility index (Phi) is 2.87. The Hall–Kier alpha value is -1.55. The molecule has 0 amide bonds. The van der Waals surface area contributed by atoms with Gasteiger partial charge in [-0.1, -0.05) is 0 Å². The smallest absolute Gasteiger partial charge is 0.112 e. The number of nitrogens with zero attached hydrogens (tertiary/aromatic N) is 2. The molecule has 15 heavy (non-hydrogen) atoms. The summed E-state index contributed by atoms with van der Waals surface area (Å²) in [5.41, 5.74) is 7.58. The van der Waals surface area contributed by atoms with Gasteiger partial charge in [-0.05, 0) is 24.3 Å². The highest BCUT2D eigenvalue weighted by molar-refractivity contribution is 7.09. The van der Waals surface area contributed by atoms with E-state index in [0.717, 1.165) is 22.9 Å². The van der Waals surface area contributed by atoms with Gasteiger partial charge in [0.2, 0.25) is 0 Å². The number of hydrogen-bond donors (Lipinski definition) is 1. The van der Waals surface area contributed by atoms with E-state index in [-0.39, 0.29) is 0 Å². The zero-order valence-electron chi connectivity index (χ0n) is 8.55. The van der Waals surface area contributed by atoms with Gasteiger partial charge in [0.05, 0.1) is 6.54 Å². The Morgan fingerprint density at radius 1 is 1.33 bits per heavy atom. The average Bonchev–Trinajstić information content (AvgIpc) is 2.71. The summed E-state index contributed by atoms with van der Waals surface area (Å²) < 4.78 is 0. The molecule has 0 aliphatic heterocycles. The summed E-state index contributed by atoms with van der Waals surface area (Å²) >= 11 is 1.67. The summed E-state index contributed by atoms with van der Waals surface area (Å²) in [6, 6.07) is 7.85. The third-order valence-electron chi connectivity index (χ3n) is 2.19. The maximum Gasteiger partial charge on any atom is 0.112 e. The van der Waals surface area contributed by atoms with Crippen LogP contribution in [0.4, 0.5) is 11.4 Å². The molecule has 2 N–H and O–H groups in total. The van der Waals surface area contributed by atoms with E-state index in [1.165, 1.54) is 0 Å². The van der Waals surface area contributed by atoms with Gasteiger partial charge < -0.3 is 10.6 Å². The van der Waals surface area contributed by atoms with E-state index in [4.69, 9.17) is 5.73 Å². The normalized spacial score (nSPS) is 10.2. The van der Waals surface area contributed by atoms with Crippen molar-refractivity contribution >= 4 is 22.7 Å². The molecule has 3 nitrogen and oxygen atoms in total. The highest BCUT2D eigenvalue weighted by Crippen LogP contribution is 2.17. The van der Waals surface area contributed by atoms with Crippen molar-refractivity contribution in [3.63, 3.8) is 0 Å². The average molecular weight is 219 g/mol. The van der Waals surface area contributed by atoms with E-state index in [2.05, 4.69) is 9.88 Å². The molecule has 1 aromatic heterocycles. The molecule has 1 aromatic carbocycles. The number of aromatic nitrogens is 1. The first-order chi connectivity index (χ1) is 7.25. The van der Waals surface area contributed by atoms with Crippen LogP contribution in [0.5, 0.6) is 0 Å². The molecule has 0 unspecified atom stereocenters. The maximum atomic E-state index is 5.63. The monoisotopic (exact) mass is 219 g/mol. The second-order valence-corrected chi connectivity index (χ2v) is 4.35. The lowest BCUT2D eigenvalue weighted by Crippen LogP contribution is -2.15. The Balaban J connectivity index is 2.08. The number of nitrogens with two attached hydrogens (primary N) is 1. The molecule has 0 saturated heterocycles. The van der Waals surface area contributed by atoms with Gasteiger partial charge in [0, 0.05) is 30.0 Å². The number of anilines is 2. The van der Waals surface area contributed by atoms with Gasteiger partial charge in [-0.25, -0.2) is 4.98 Å². The Morgan fingerprint density at radius 2 is 2.07 bits per heavy atom. The van der Waals surface area contributed by atoms with Crippen molar-refractivity contribution in [2.24, 2.45) is 0 Å². The summed E-state index contributed by atoms with van der Waals surface area (Å²) in [4.78, 5) is 6.40. The van der Waals surface area contributed by atoms with Crippen molar-refractivity contribution in [1.29, 1.82) is 0 Å². The minimum absolute atomic E-state index is 0.793. The minimum Gasteiger partial charge on any atom is -0.399 e. The molecule has 0 aliphatic carbocycles. The van der Waals surface area contributed by atoms with E-state index in [1.54, 1.807) is 11.3 Å². The highest BCUT2D eigenvalue weighted by Gasteiger charge is 2.03. The topological polar surface area (TPSA) is 42.2 Å². The summed E-state index contributed by atoms with van der Waals surface area (Å²) in [5.74, 6) is 0. The van der Waals surface area contributed by atoms with Crippen LogP contribution in [0.25, 0.3) is 0 Å². The fourth-order valence-corrected chi connectivity index (χ4v) is 2.02. The van der Waals surface area contributed by atoms with Crippen LogP contribution in [0.1, 0.15) is 5.01 Å². The molecule has 4 heteroatoms. The molecule has 2 rings (SSSR count). The zero-order valence-corrected chi connectivity index (χ0v) is 9.37. The van der Waals surface area contributed by atoms with Crippen LogP contribution < -0.4 is 10.6 Å². The lowest BCUT2D eigenvalue weighted by Gasteiger charge is -2.17. The number of hydrogen-bond acceptors (Lipinski definition) is 4. The van der Waals surface area contributed by atoms with Crippen molar-refractivity contribution in [2.45, 2.75) is 6.54 Å². The molecular formula is C11H13N3S. The molecular weight excluding hydrogens is 206 g/mol. The first kappa shape index (κ1) is 9.98. The fourth-order valence-electron chi connectivity index (χ4n) is 1.35. The lowest BCUT2D eigenvalue weighted by molar-refractivity contribution is 0.911. The molecule has 0 bridgehead atoms. The largest absolute Gasteiger partial charge is 0.399 e. The summed E-state index contributed by atoms with van der Waals surface area (Å²) in [6.45, 7) is 0.835. The van der Waals surface area contributed by atoms with Crippen LogP contribution in [-0.4, -0.2) is 12.0 Å². The predicted octanol–water partition coefficient (Wildman–Crippen LogP) is 2.36. The number of thiazole rings is 1. The van der Waals surface area contributed by atoms with E-state index in [1.807, 2.05) is 42.9 Å². The number of benzene rings is 1. The lowest BCUT2D eigenvalue weighted by atomic mass is 10.2. The molecule has 1 heterocycles. The van der Waals surface area contributed by atoms with Gasteiger partial charge in [-0.2, -0.15) is 0 Å². The molecule has 78 valence electrons. The second-order valence-electron chi connectivity index (χ2n) is 3.37. The van der Waals surface area contributed by atoms with Crippen LogP contribution in [0.3, 0.4) is 0 Å². The molecule has 0 spiro atoms. The minimum atomic E-state index is 0.793. The van der Waals surface area contributed by atoms with E-state index in [0.29, 0.717) is 0 Å². The number of nitrogen functional groups attached to an aromatic ring is 1. The molecule has 0 radical (unpaired) electrons. The molecule has 0 saturated carbocycles. The third-order valence-corrected chi connectivity index (χ3v) is 2.95. The van der Waals surface area contributed by atoms with Crippen molar-refractivity contribution in [3.05, 3.63) is 40.8 Å². The summed E-state index contributed by atoms with van der Waals surface area (Å²) in [6.07, 6.45) is 1.83.